The Bertz CT molecular complexity index is 510. The summed E-state index contributed by atoms with van der Waals surface area (Å²) in [5.74, 6) is -0.120. The Kier molecular flexibility index (Phi) is 4.98. The number of rotatable bonds is 6. The SMILES string of the molecule is Cc1[nH]ncc1CCCNC(=O)[C@H]1CC(=O)N(C(C)C)C1. The molecular formula is C15H24N4O2. The predicted octanol–water partition coefficient (Wildman–Crippen LogP) is 1.02. The topological polar surface area (TPSA) is 78.1 Å². The van der Waals surface area contributed by atoms with Gasteiger partial charge in [-0.25, -0.2) is 0 Å². The van der Waals surface area contributed by atoms with Gasteiger partial charge in [-0.1, -0.05) is 0 Å². The lowest BCUT2D eigenvalue weighted by molar-refractivity contribution is -0.129. The van der Waals surface area contributed by atoms with Crippen molar-refractivity contribution in [2.24, 2.45) is 5.92 Å². The number of likely N-dealkylation sites (tertiary alicyclic amines) is 1. The van der Waals surface area contributed by atoms with Crippen LogP contribution < -0.4 is 5.32 Å². The number of carbonyl (C=O) groups excluding carboxylic acids is 2. The number of nitrogens with one attached hydrogen (secondary N) is 2. The van der Waals surface area contributed by atoms with Crippen molar-refractivity contribution in [3.8, 4) is 0 Å². The number of amides is 2. The van der Waals surface area contributed by atoms with Crippen LogP contribution in [0.2, 0.25) is 0 Å². The maximum Gasteiger partial charge on any atom is 0.225 e. The minimum Gasteiger partial charge on any atom is -0.356 e. The second kappa shape index (κ2) is 6.74. The molecule has 116 valence electrons. The Balaban J connectivity index is 1.71. The molecule has 1 aliphatic rings. The maximum atomic E-state index is 12.1. The highest BCUT2D eigenvalue weighted by Gasteiger charge is 2.35. The molecule has 2 N–H and O–H groups in total. The van der Waals surface area contributed by atoms with Crippen molar-refractivity contribution in [3.05, 3.63) is 17.5 Å². The van der Waals surface area contributed by atoms with E-state index in [0.29, 0.717) is 19.5 Å². The number of hydrogen-bond donors (Lipinski definition) is 2. The van der Waals surface area contributed by atoms with Crippen molar-refractivity contribution in [1.29, 1.82) is 0 Å². The molecular weight excluding hydrogens is 268 g/mol. The van der Waals surface area contributed by atoms with Crippen molar-refractivity contribution in [2.75, 3.05) is 13.1 Å². The summed E-state index contributed by atoms with van der Waals surface area (Å²) in [4.78, 5) is 25.6. The number of carbonyl (C=O) groups is 2. The number of aromatic amines is 1. The Morgan fingerprint density at radius 1 is 1.57 bits per heavy atom. The summed E-state index contributed by atoms with van der Waals surface area (Å²) in [6.07, 6.45) is 3.93. The molecule has 1 fully saturated rings. The lowest BCUT2D eigenvalue weighted by Gasteiger charge is -2.20. The Labute approximate surface area is 125 Å². The van der Waals surface area contributed by atoms with Gasteiger partial charge < -0.3 is 10.2 Å². The lowest BCUT2D eigenvalue weighted by atomic mass is 10.1. The zero-order valence-electron chi connectivity index (χ0n) is 13.0. The van der Waals surface area contributed by atoms with Crippen LogP contribution in [0.4, 0.5) is 0 Å². The molecule has 2 heterocycles. The van der Waals surface area contributed by atoms with Crippen molar-refractivity contribution in [2.45, 2.75) is 46.1 Å². The van der Waals surface area contributed by atoms with Gasteiger partial charge in [-0.2, -0.15) is 5.10 Å². The summed E-state index contributed by atoms with van der Waals surface area (Å²) in [6, 6.07) is 0.166. The Morgan fingerprint density at radius 2 is 2.33 bits per heavy atom. The van der Waals surface area contributed by atoms with E-state index in [1.807, 2.05) is 27.0 Å². The van der Waals surface area contributed by atoms with Crippen LogP contribution in [0, 0.1) is 12.8 Å². The molecule has 2 amide bonds. The van der Waals surface area contributed by atoms with Gasteiger partial charge in [-0.3, -0.25) is 14.7 Å². The Morgan fingerprint density at radius 3 is 2.90 bits per heavy atom. The third-order valence-corrected chi connectivity index (χ3v) is 4.01. The number of hydrogen-bond acceptors (Lipinski definition) is 3. The standard InChI is InChI=1S/C15H24N4O2/c1-10(2)19-9-13(7-14(19)20)15(21)16-6-4-5-12-8-17-18-11(12)3/h8,10,13H,4-7,9H2,1-3H3,(H,16,21)(H,17,18)/t13-/m0/s1. The summed E-state index contributed by atoms with van der Waals surface area (Å²) in [5.41, 5.74) is 2.27. The van der Waals surface area contributed by atoms with Gasteiger partial charge in [0.25, 0.3) is 0 Å². The van der Waals surface area contributed by atoms with Crippen molar-refractivity contribution in [1.82, 2.24) is 20.4 Å². The first-order chi connectivity index (χ1) is 9.99. The van der Waals surface area contributed by atoms with E-state index >= 15 is 0 Å². The highest BCUT2D eigenvalue weighted by atomic mass is 16.2. The molecule has 1 aromatic rings. The highest BCUT2D eigenvalue weighted by molar-refractivity contribution is 5.89. The van der Waals surface area contributed by atoms with E-state index < -0.39 is 0 Å². The van der Waals surface area contributed by atoms with Gasteiger partial charge in [0.2, 0.25) is 11.8 Å². The lowest BCUT2D eigenvalue weighted by Crippen LogP contribution is -2.35. The number of nitrogens with zero attached hydrogens (tertiary/aromatic N) is 2. The zero-order valence-corrected chi connectivity index (χ0v) is 13.0. The number of H-pyrrole nitrogens is 1. The quantitative estimate of drug-likeness (QED) is 0.769. The zero-order chi connectivity index (χ0) is 15.4. The van der Waals surface area contributed by atoms with E-state index in [-0.39, 0.29) is 23.8 Å². The van der Waals surface area contributed by atoms with Gasteiger partial charge in [0.15, 0.2) is 0 Å². The fraction of sp³-hybridized carbons (Fsp3) is 0.667. The van der Waals surface area contributed by atoms with Gasteiger partial charge in [0.1, 0.15) is 0 Å². The van der Waals surface area contributed by atoms with Gasteiger partial charge in [-0.05, 0) is 39.2 Å². The molecule has 0 aromatic carbocycles. The molecule has 0 bridgehead atoms. The van der Waals surface area contributed by atoms with E-state index in [4.69, 9.17) is 0 Å². The number of aromatic nitrogens is 2. The fourth-order valence-corrected chi connectivity index (χ4v) is 2.67. The molecule has 0 spiro atoms. The normalized spacial score (nSPS) is 18.6. The minimum atomic E-state index is -0.199. The summed E-state index contributed by atoms with van der Waals surface area (Å²) in [7, 11) is 0. The third kappa shape index (κ3) is 3.83. The molecule has 0 aliphatic carbocycles. The van der Waals surface area contributed by atoms with Crippen LogP contribution in [-0.2, 0) is 16.0 Å². The molecule has 1 atom stereocenters. The number of aryl methyl sites for hydroxylation is 2. The van der Waals surface area contributed by atoms with Crippen LogP contribution in [0.5, 0.6) is 0 Å². The first-order valence-corrected chi connectivity index (χ1v) is 7.55. The van der Waals surface area contributed by atoms with Crippen LogP contribution in [0.1, 0.15) is 37.9 Å². The summed E-state index contributed by atoms with van der Waals surface area (Å²) >= 11 is 0. The van der Waals surface area contributed by atoms with Gasteiger partial charge in [0, 0.05) is 31.2 Å². The smallest absolute Gasteiger partial charge is 0.225 e. The average molecular weight is 292 g/mol. The molecule has 0 saturated carbocycles. The molecule has 1 aromatic heterocycles. The van der Waals surface area contributed by atoms with E-state index in [9.17, 15) is 9.59 Å². The van der Waals surface area contributed by atoms with Gasteiger partial charge in [0.05, 0.1) is 12.1 Å². The third-order valence-electron chi connectivity index (χ3n) is 4.01. The summed E-state index contributed by atoms with van der Waals surface area (Å²) in [6.45, 7) is 7.13. The largest absolute Gasteiger partial charge is 0.356 e. The second-order valence-corrected chi connectivity index (χ2v) is 5.96. The van der Waals surface area contributed by atoms with Crippen LogP contribution in [-0.4, -0.2) is 46.0 Å². The predicted molar refractivity (Wildman–Crippen MR) is 79.6 cm³/mol. The minimum absolute atomic E-state index is 0.00424. The van der Waals surface area contributed by atoms with Crippen LogP contribution in [0.3, 0.4) is 0 Å². The molecule has 1 aliphatic heterocycles. The van der Waals surface area contributed by atoms with E-state index in [0.717, 1.165) is 18.5 Å². The second-order valence-electron chi connectivity index (χ2n) is 5.96. The molecule has 0 unspecified atom stereocenters. The molecule has 6 heteroatoms. The van der Waals surface area contributed by atoms with Crippen molar-refractivity contribution < 1.29 is 9.59 Å². The molecule has 1 saturated heterocycles. The molecule has 21 heavy (non-hydrogen) atoms. The molecule has 6 nitrogen and oxygen atoms in total. The first-order valence-electron chi connectivity index (χ1n) is 7.55. The summed E-state index contributed by atoms with van der Waals surface area (Å²) < 4.78 is 0. The van der Waals surface area contributed by atoms with E-state index in [2.05, 4.69) is 15.5 Å². The van der Waals surface area contributed by atoms with Gasteiger partial charge >= 0.3 is 0 Å². The van der Waals surface area contributed by atoms with Crippen LogP contribution in [0.15, 0.2) is 6.20 Å². The van der Waals surface area contributed by atoms with E-state index in [1.165, 1.54) is 5.56 Å². The highest BCUT2D eigenvalue weighted by Crippen LogP contribution is 2.20. The van der Waals surface area contributed by atoms with Crippen LogP contribution >= 0.6 is 0 Å². The molecule has 2 rings (SSSR count). The van der Waals surface area contributed by atoms with Crippen molar-refractivity contribution >= 4 is 11.8 Å². The average Bonchev–Trinajstić information content (AvgIpc) is 3.01. The summed E-state index contributed by atoms with van der Waals surface area (Å²) in [5, 5.41) is 9.82. The monoisotopic (exact) mass is 292 g/mol. The molecule has 0 radical (unpaired) electrons. The van der Waals surface area contributed by atoms with Crippen molar-refractivity contribution in [3.63, 3.8) is 0 Å². The maximum absolute atomic E-state index is 12.1. The van der Waals surface area contributed by atoms with Crippen LogP contribution in [0.25, 0.3) is 0 Å². The van der Waals surface area contributed by atoms with E-state index in [1.54, 1.807) is 4.90 Å². The van der Waals surface area contributed by atoms with Gasteiger partial charge in [-0.15, -0.1) is 0 Å². The fourth-order valence-electron chi connectivity index (χ4n) is 2.67. The Hall–Kier alpha value is -1.85. The first kappa shape index (κ1) is 15.5.